The summed E-state index contributed by atoms with van der Waals surface area (Å²) in [6, 6.07) is 0.330. The number of nitrogens with one attached hydrogen (secondary N) is 2. The number of carbonyl (C=O) groups is 1. The van der Waals surface area contributed by atoms with E-state index >= 15 is 0 Å². The van der Waals surface area contributed by atoms with E-state index in [0.29, 0.717) is 22.6 Å². The standard InChI is InChI=1S/C17H17F5N4O5S2/c1-25-7-12(14(20)15(25)16(27)23-9-2-3-10(18)11(19)6-9)33(30,31)24-13-4-5-26(32(28)29)8-17(13,21)22/h2-3,6-7,13,24H,4-5,8H2,1H3,(H,23,27)(H,28,29). The molecule has 1 aromatic heterocycles. The zero-order valence-electron chi connectivity index (χ0n) is 16.7. The minimum absolute atomic E-state index is 0.241. The number of alkyl halides is 2. The molecule has 2 unspecified atom stereocenters. The number of hydrogen-bond acceptors (Lipinski definition) is 4. The van der Waals surface area contributed by atoms with Crippen LogP contribution in [0.25, 0.3) is 0 Å². The molecule has 1 saturated heterocycles. The van der Waals surface area contributed by atoms with Crippen molar-refractivity contribution in [3.63, 3.8) is 0 Å². The number of carbonyl (C=O) groups excluding carboxylic acids is 1. The third-order valence-corrected chi connectivity index (χ3v) is 7.06. The van der Waals surface area contributed by atoms with E-state index in [2.05, 4.69) is 5.32 Å². The number of benzene rings is 1. The Morgan fingerprint density at radius 3 is 2.48 bits per heavy atom. The van der Waals surface area contributed by atoms with Crippen LogP contribution in [0.15, 0.2) is 29.3 Å². The predicted octanol–water partition coefficient (Wildman–Crippen LogP) is 1.82. The first kappa shape index (κ1) is 25.2. The van der Waals surface area contributed by atoms with Gasteiger partial charge >= 0.3 is 0 Å². The highest BCUT2D eigenvalue weighted by Crippen LogP contribution is 2.30. The number of halogens is 5. The van der Waals surface area contributed by atoms with Crippen molar-refractivity contribution in [1.82, 2.24) is 13.6 Å². The summed E-state index contributed by atoms with van der Waals surface area (Å²) < 4.78 is 118. The Balaban J connectivity index is 1.83. The van der Waals surface area contributed by atoms with Crippen molar-refractivity contribution in [2.45, 2.75) is 23.3 Å². The molecule has 0 radical (unpaired) electrons. The van der Waals surface area contributed by atoms with Gasteiger partial charge in [-0.15, -0.1) is 0 Å². The zero-order valence-corrected chi connectivity index (χ0v) is 18.3. The molecule has 2 aromatic rings. The van der Waals surface area contributed by atoms with Crippen LogP contribution < -0.4 is 10.0 Å². The van der Waals surface area contributed by atoms with Crippen LogP contribution in [0.2, 0.25) is 0 Å². The van der Waals surface area contributed by atoms with E-state index in [1.807, 2.05) is 0 Å². The fourth-order valence-electron chi connectivity index (χ4n) is 3.22. The predicted molar refractivity (Wildman–Crippen MR) is 106 cm³/mol. The number of rotatable bonds is 6. The highest BCUT2D eigenvalue weighted by molar-refractivity contribution is 7.89. The lowest BCUT2D eigenvalue weighted by atomic mass is 10.0. The van der Waals surface area contributed by atoms with Gasteiger partial charge in [0.1, 0.15) is 10.6 Å². The summed E-state index contributed by atoms with van der Waals surface area (Å²) in [5.74, 6) is -8.98. The maximum atomic E-state index is 14.9. The molecule has 0 saturated carbocycles. The average Bonchev–Trinajstić information content (AvgIpc) is 3.01. The zero-order chi connectivity index (χ0) is 24.7. The lowest BCUT2D eigenvalue weighted by Crippen LogP contribution is -2.58. The second-order valence-corrected chi connectivity index (χ2v) is 9.83. The molecule has 1 fully saturated rings. The minimum atomic E-state index is -4.89. The van der Waals surface area contributed by atoms with Crippen LogP contribution in [0, 0.1) is 17.5 Å². The van der Waals surface area contributed by atoms with Crippen molar-refractivity contribution in [2.75, 3.05) is 18.4 Å². The van der Waals surface area contributed by atoms with E-state index in [-0.39, 0.29) is 12.2 Å². The van der Waals surface area contributed by atoms with Crippen LogP contribution in [0.3, 0.4) is 0 Å². The minimum Gasteiger partial charge on any atom is -0.343 e. The summed E-state index contributed by atoms with van der Waals surface area (Å²) >= 11 is -2.68. The van der Waals surface area contributed by atoms with Crippen LogP contribution >= 0.6 is 0 Å². The molecule has 1 aromatic carbocycles. The lowest BCUT2D eigenvalue weighted by molar-refractivity contribution is -0.0656. The highest BCUT2D eigenvalue weighted by atomic mass is 32.2. The van der Waals surface area contributed by atoms with Gasteiger partial charge in [-0.2, -0.15) is 4.31 Å². The number of piperidine rings is 1. The average molecular weight is 516 g/mol. The van der Waals surface area contributed by atoms with E-state index in [1.54, 1.807) is 4.72 Å². The molecule has 0 spiro atoms. The highest BCUT2D eigenvalue weighted by Gasteiger charge is 2.48. The molecule has 1 aliphatic heterocycles. The van der Waals surface area contributed by atoms with E-state index < -0.39 is 80.2 Å². The normalized spacial score (nSPS) is 19.9. The first-order valence-corrected chi connectivity index (χ1v) is 11.6. The van der Waals surface area contributed by atoms with E-state index in [0.717, 1.165) is 17.7 Å². The second-order valence-electron chi connectivity index (χ2n) is 7.17. The van der Waals surface area contributed by atoms with Crippen molar-refractivity contribution < 1.29 is 43.9 Å². The summed E-state index contributed by atoms with van der Waals surface area (Å²) in [6.07, 6.45) is 0.143. The van der Waals surface area contributed by atoms with Crippen molar-refractivity contribution in [3.05, 3.63) is 47.5 Å². The molecule has 2 atom stereocenters. The number of aromatic nitrogens is 1. The molecule has 9 nitrogen and oxygen atoms in total. The van der Waals surface area contributed by atoms with Crippen molar-refractivity contribution in [1.29, 1.82) is 0 Å². The summed E-state index contributed by atoms with van der Waals surface area (Å²) in [5.41, 5.74) is -1.05. The summed E-state index contributed by atoms with van der Waals surface area (Å²) in [6.45, 7) is -1.53. The van der Waals surface area contributed by atoms with E-state index in [1.165, 1.54) is 0 Å². The Hall–Kier alpha value is -2.40. The van der Waals surface area contributed by atoms with Gasteiger partial charge in [0, 0.05) is 31.5 Å². The third kappa shape index (κ3) is 5.24. The van der Waals surface area contributed by atoms with Crippen molar-refractivity contribution >= 4 is 32.9 Å². The Bertz CT molecular complexity index is 1220. The molecule has 2 heterocycles. The first-order valence-electron chi connectivity index (χ1n) is 9.10. The second kappa shape index (κ2) is 9.09. The summed E-state index contributed by atoms with van der Waals surface area (Å²) in [7, 11) is -3.78. The summed E-state index contributed by atoms with van der Waals surface area (Å²) in [5, 5.41) is 2.08. The fourth-order valence-corrected chi connectivity index (χ4v) is 5.18. The van der Waals surface area contributed by atoms with Gasteiger partial charge in [0.05, 0.1) is 12.6 Å². The molecule has 0 bridgehead atoms. The number of amides is 1. The number of sulfonamides is 1. The molecule has 1 amide bonds. The summed E-state index contributed by atoms with van der Waals surface area (Å²) in [4.78, 5) is 11.3. The van der Waals surface area contributed by atoms with Crippen LogP contribution in [0.4, 0.5) is 27.6 Å². The lowest BCUT2D eigenvalue weighted by Gasteiger charge is -2.36. The fraction of sp³-hybridized carbons (Fsp3) is 0.353. The molecular formula is C17H17F5N4O5S2. The Kier molecular flexibility index (Phi) is 6.95. The van der Waals surface area contributed by atoms with Gasteiger partial charge in [-0.25, -0.2) is 39.3 Å². The van der Waals surface area contributed by atoms with Crippen LogP contribution in [-0.4, -0.2) is 57.0 Å². The SMILES string of the molecule is Cn1cc(S(=O)(=O)NC2CCN(S(=O)O)CC2(F)F)c(F)c1C(=O)Nc1ccc(F)c(F)c1. The molecule has 0 aliphatic carbocycles. The van der Waals surface area contributed by atoms with Gasteiger partial charge in [-0.05, 0) is 18.6 Å². The molecule has 16 heteroatoms. The maximum Gasteiger partial charge on any atom is 0.277 e. The number of anilines is 1. The van der Waals surface area contributed by atoms with Gasteiger partial charge in [0.25, 0.3) is 11.8 Å². The Labute approximate surface area is 187 Å². The Morgan fingerprint density at radius 1 is 1.24 bits per heavy atom. The van der Waals surface area contributed by atoms with Crippen LogP contribution in [-0.2, 0) is 28.3 Å². The molecule has 182 valence electrons. The molecule has 33 heavy (non-hydrogen) atoms. The number of nitrogens with zero attached hydrogens (tertiary/aromatic N) is 2. The topological polar surface area (TPSA) is 121 Å². The number of hydrogen-bond donors (Lipinski definition) is 3. The number of aryl methyl sites for hydroxylation is 1. The molecule has 3 N–H and O–H groups in total. The maximum absolute atomic E-state index is 14.9. The monoisotopic (exact) mass is 516 g/mol. The van der Waals surface area contributed by atoms with Crippen LogP contribution in [0.1, 0.15) is 16.9 Å². The van der Waals surface area contributed by atoms with Gasteiger partial charge in [0.2, 0.25) is 21.3 Å². The largest absolute Gasteiger partial charge is 0.343 e. The molecular weight excluding hydrogens is 499 g/mol. The van der Waals surface area contributed by atoms with E-state index in [4.69, 9.17) is 4.55 Å². The van der Waals surface area contributed by atoms with E-state index in [9.17, 15) is 39.4 Å². The third-order valence-electron chi connectivity index (χ3n) is 4.85. The van der Waals surface area contributed by atoms with Crippen molar-refractivity contribution in [2.24, 2.45) is 7.05 Å². The van der Waals surface area contributed by atoms with Crippen molar-refractivity contribution in [3.8, 4) is 0 Å². The first-order chi connectivity index (χ1) is 15.2. The Morgan fingerprint density at radius 2 is 1.91 bits per heavy atom. The van der Waals surface area contributed by atoms with Gasteiger partial charge in [0.15, 0.2) is 17.5 Å². The smallest absolute Gasteiger partial charge is 0.277 e. The van der Waals surface area contributed by atoms with Gasteiger partial charge < -0.3 is 9.88 Å². The quantitative estimate of drug-likeness (QED) is 0.400. The van der Waals surface area contributed by atoms with Gasteiger partial charge in [-0.1, -0.05) is 0 Å². The van der Waals surface area contributed by atoms with Gasteiger partial charge in [-0.3, -0.25) is 9.35 Å². The van der Waals surface area contributed by atoms with Crippen LogP contribution in [0.5, 0.6) is 0 Å². The molecule has 3 rings (SSSR count). The molecule has 1 aliphatic rings.